The fourth-order valence-electron chi connectivity index (χ4n) is 3.70. The minimum atomic E-state index is -0.00446. The molecular formula is C23H25N3O2S. The molecule has 1 aliphatic rings. The molecule has 0 spiro atoms. The van der Waals surface area contributed by atoms with Crippen LogP contribution < -0.4 is 5.32 Å². The minimum Gasteiger partial charge on any atom is -0.335 e. The maximum atomic E-state index is 12.8. The highest BCUT2D eigenvalue weighted by Gasteiger charge is 2.24. The maximum Gasteiger partial charge on any atom is 0.264 e. The summed E-state index contributed by atoms with van der Waals surface area (Å²) in [5, 5.41) is 4.14. The lowest BCUT2D eigenvalue weighted by molar-refractivity contribution is -0.117. The largest absolute Gasteiger partial charge is 0.335 e. The summed E-state index contributed by atoms with van der Waals surface area (Å²) in [6.45, 7) is 5.14. The number of anilines is 1. The Bertz CT molecular complexity index is 989. The molecule has 3 aromatic rings. The van der Waals surface area contributed by atoms with Gasteiger partial charge in [-0.3, -0.25) is 14.5 Å². The predicted molar refractivity (Wildman–Crippen MR) is 119 cm³/mol. The van der Waals surface area contributed by atoms with Crippen LogP contribution >= 0.6 is 11.3 Å². The summed E-state index contributed by atoms with van der Waals surface area (Å²) in [6, 6.07) is 18.0. The van der Waals surface area contributed by atoms with Gasteiger partial charge in [-0.25, -0.2) is 0 Å². The van der Waals surface area contributed by atoms with Crippen LogP contribution in [0.5, 0.6) is 0 Å². The summed E-state index contributed by atoms with van der Waals surface area (Å²) in [7, 11) is 0. The average molecular weight is 408 g/mol. The fourth-order valence-corrected chi connectivity index (χ4v) is 4.73. The van der Waals surface area contributed by atoms with Crippen LogP contribution in [0.15, 0.2) is 54.6 Å². The second kappa shape index (κ2) is 8.76. The Hall–Kier alpha value is -2.70. The van der Waals surface area contributed by atoms with Crippen LogP contribution in [0.4, 0.5) is 5.69 Å². The molecule has 2 aromatic carbocycles. The van der Waals surface area contributed by atoms with Gasteiger partial charge in [0.05, 0.1) is 11.4 Å². The van der Waals surface area contributed by atoms with E-state index in [9.17, 15) is 9.59 Å². The van der Waals surface area contributed by atoms with Gasteiger partial charge in [0.25, 0.3) is 5.91 Å². The van der Waals surface area contributed by atoms with Crippen molar-refractivity contribution in [1.82, 2.24) is 9.80 Å². The number of hydrogen-bond acceptors (Lipinski definition) is 4. The van der Waals surface area contributed by atoms with Crippen molar-refractivity contribution in [1.29, 1.82) is 0 Å². The Morgan fingerprint density at radius 1 is 1.00 bits per heavy atom. The van der Waals surface area contributed by atoms with E-state index in [0.29, 0.717) is 32.7 Å². The molecule has 0 radical (unpaired) electrons. The number of piperazine rings is 1. The molecule has 2 heterocycles. The third kappa shape index (κ3) is 4.49. The lowest BCUT2D eigenvalue weighted by Crippen LogP contribution is -2.50. The van der Waals surface area contributed by atoms with Crippen LogP contribution in [0, 0.1) is 0 Å². The van der Waals surface area contributed by atoms with Gasteiger partial charge in [-0.1, -0.05) is 43.3 Å². The number of rotatable bonds is 5. The summed E-state index contributed by atoms with van der Waals surface area (Å²) in [5.74, 6) is 0.0855. The van der Waals surface area contributed by atoms with Crippen molar-refractivity contribution in [2.75, 3.05) is 38.0 Å². The number of thiophene rings is 1. The molecule has 0 unspecified atom stereocenters. The first-order valence-electron chi connectivity index (χ1n) is 10.0. The molecule has 1 saturated heterocycles. The second-order valence-electron chi connectivity index (χ2n) is 7.28. The van der Waals surface area contributed by atoms with Gasteiger partial charge in [0.2, 0.25) is 5.91 Å². The van der Waals surface area contributed by atoms with E-state index in [4.69, 9.17) is 0 Å². The molecule has 0 aliphatic carbocycles. The lowest BCUT2D eigenvalue weighted by atomic mass is 10.1. The fraction of sp³-hybridized carbons (Fsp3) is 0.304. The van der Waals surface area contributed by atoms with E-state index in [1.54, 1.807) is 11.3 Å². The van der Waals surface area contributed by atoms with Gasteiger partial charge in [-0.2, -0.15) is 0 Å². The molecule has 0 bridgehead atoms. The Morgan fingerprint density at radius 2 is 1.72 bits per heavy atom. The Kier molecular flexibility index (Phi) is 5.92. The summed E-state index contributed by atoms with van der Waals surface area (Å²) < 4.78 is 1.14. The van der Waals surface area contributed by atoms with Gasteiger partial charge in [0.15, 0.2) is 0 Å². The van der Waals surface area contributed by atoms with Crippen molar-refractivity contribution >= 4 is 38.9 Å². The number of benzene rings is 2. The van der Waals surface area contributed by atoms with E-state index in [1.165, 1.54) is 0 Å². The van der Waals surface area contributed by atoms with Crippen molar-refractivity contribution in [2.45, 2.75) is 13.3 Å². The van der Waals surface area contributed by atoms with Gasteiger partial charge in [0.1, 0.15) is 0 Å². The highest BCUT2D eigenvalue weighted by molar-refractivity contribution is 7.20. The average Bonchev–Trinajstić information content (AvgIpc) is 3.18. The minimum absolute atomic E-state index is 0.00446. The first-order chi connectivity index (χ1) is 14.1. The lowest BCUT2D eigenvalue weighted by Gasteiger charge is -2.34. The van der Waals surface area contributed by atoms with Crippen LogP contribution in [0.2, 0.25) is 0 Å². The number of amides is 2. The number of hydrogen-bond donors (Lipinski definition) is 1. The number of carbonyl (C=O) groups is 2. The summed E-state index contributed by atoms with van der Waals surface area (Å²) in [5.41, 5.74) is 2.03. The van der Waals surface area contributed by atoms with Crippen LogP contribution in [0.1, 0.15) is 22.2 Å². The van der Waals surface area contributed by atoms with E-state index in [0.717, 1.165) is 32.6 Å². The quantitative estimate of drug-likeness (QED) is 0.699. The molecule has 6 heteroatoms. The molecule has 0 atom stereocenters. The van der Waals surface area contributed by atoms with Gasteiger partial charge in [0, 0.05) is 36.6 Å². The maximum absolute atomic E-state index is 12.8. The molecular weight excluding hydrogens is 382 g/mol. The number of aryl methyl sites for hydroxylation is 1. The van der Waals surface area contributed by atoms with Gasteiger partial charge >= 0.3 is 0 Å². The van der Waals surface area contributed by atoms with E-state index in [1.807, 2.05) is 59.5 Å². The van der Waals surface area contributed by atoms with Gasteiger partial charge in [-0.15, -0.1) is 11.3 Å². The van der Waals surface area contributed by atoms with Crippen molar-refractivity contribution in [3.8, 4) is 0 Å². The van der Waals surface area contributed by atoms with Crippen molar-refractivity contribution in [2.24, 2.45) is 0 Å². The number of fused-ring (bicyclic) bond motifs is 1. The Morgan fingerprint density at radius 3 is 2.48 bits per heavy atom. The Balaban J connectivity index is 1.31. The van der Waals surface area contributed by atoms with E-state index < -0.39 is 0 Å². The number of nitrogens with zero attached hydrogens (tertiary/aromatic N) is 2. The van der Waals surface area contributed by atoms with Crippen LogP contribution in [0.3, 0.4) is 0 Å². The van der Waals surface area contributed by atoms with E-state index in [2.05, 4.69) is 17.1 Å². The van der Waals surface area contributed by atoms with Crippen LogP contribution in [-0.2, 0) is 11.2 Å². The molecule has 1 fully saturated rings. The van der Waals surface area contributed by atoms with E-state index >= 15 is 0 Å². The molecule has 150 valence electrons. The molecule has 4 rings (SSSR count). The third-order valence-electron chi connectivity index (χ3n) is 5.34. The Labute approximate surface area is 174 Å². The second-order valence-corrected chi connectivity index (χ2v) is 8.36. The molecule has 1 aromatic heterocycles. The van der Waals surface area contributed by atoms with Crippen molar-refractivity contribution in [3.05, 3.63) is 65.0 Å². The zero-order valence-electron chi connectivity index (χ0n) is 16.6. The normalized spacial score (nSPS) is 14.9. The highest BCUT2D eigenvalue weighted by Crippen LogP contribution is 2.26. The first-order valence-corrected chi connectivity index (χ1v) is 10.8. The number of carbonyl (C=O) groups excluding carboxylic acids is 2. The molecule has 0 saturated carbocycles. The summed E-state index contributed by atoms with van der Waals surface area (Å²) in [6.07, 6.45) is 0.884. The van der Waals surface area contributed by atoms with Gasteiger partial charge in [-0.05, 0) is 35.6 Å². The third-order valence-corrected chi connectivity index (χ3v) is 6.44. The zero-order chi connectivity index (χ0) is 20.2. The standard InChI is InChI=1S/C23H25N3O2S/c1-2-17-7-3-5-9-19(17)24-22(27)16-25-11-13-26(14-12-25)23(28)21-15-18-8-4-6-10-20(18)29-21/h3-10,15H,2,11-14,16H2,1H3,(H,24,27). The SMILES string of the molecule is CCc1ccccc1NC(=O)CN1CCN(C(=O)c2cc3ccccc3s2)CC1. The van der Waals surface area contributed by atoms with Crippen LogP contribution in [0.25, 0.3) is 10.1 Å². The molecule has 1 N–H and O–H groups in total. The number of para-hydroxylation sites is 1. The van der Waals surface area contributed by atoms with Crippen molar-refractivity contribution in [3.63, 3.8) is 0 Å². The molecule has 1 aliphatic heterocycles. The number of nitrogens with one attached hydrogen (secondary N) is 1. The summed E-state index contributed by atoms with van der Waals surface area (Å²) in [4.78, 5) is 30.1. The molecule has 29 heavy (non-hydrogen) atoms. The monoisotopic (exact) mass is 407 g/mol. The van der Waals surface area contributed by atoms with Crippen LogP contribution in [-0.4, -0.2) is 54.3 Å². The van der Waals surface area contributed by atoms with E-state index in [-0.39, 0.29) is 11.8 Å². The summed E-state index contributed by atoms with van der Waals surface area (Å²) >= 11 is 1.55. The predicted octanol–water partition coefficient (Wildman–Crippen LogP) is 3.86. The molecule has 2 amide bonds. The van der Waals surface area contributed by atoms with Crippen molar-refractivity contribution < 1.29 is 9.59 Å². The van der Waals surface area contributed by atoms with Gasteiger partial charge < -0.3 is 10.2 Å². The first kappa shape index (κ1) is 19.6. The molecule has 5 nitrogen and oxygen atoms in total. The smallest absolute Gasteiger partial charge is 0.264 e. The topological polar surface area (TPSA) is 52.7 Å². The highest BCUT2D eigenvalue weighted by atomic mass is 32.1. The zero-order valence-corrected chi connectivity index (χ0v) is 17.4.